The minimum Gasteiger partial charge on any atom is -0.409 e. The second kappa shape index (κ2) is 9.29. The molecule has 0 bridgehead atoms. The summed E-state index contributed by atoms with van der Waals surface area (Å²) in [5, 5.41) is 0.292. The van der Waals surface area contributed by atoms with Gasteiger partial charge in [0.2, 0.25) is 0 Å². The van der Waals surface area contributed by atoms with E-state index in [0.717, 1.165) is 19.3 Å². The second-order valence-electron chi connectivity index (χ2n) is 11.3. The van der Waals surface area contributed by atoms with Gasteiger partial charge < -0.3 is 13.6 Å². The molecule has 0 amide bonds. The zero-order valence-corrected chi connectivity index (χ0v) is 22.2. The van der Waals surface area contributed by atoms with Crippen molar-refractivity contribution in [2.24, 2.45) is 0 Å². The van der Waals surface area contributed by atoms with E-state index in [2.05, 4.69) is 80.9 Å². The molecule has 0 aliphatic carbocycles. The van der Waals surface area contributed by atoms with E-state index < -0.39 is 16.6 Å². The van der Waals surface area contributed by atoms with Gasteiger partial charge in [0, 0.05) is 0 Å². The molecule has 0 N–H and O–H groups in total. The molecule has 0 saturated carbocycles. The van der Waals surface area contributed by atoms with Crippen molar-refractivity contribution < 1.29 is 13.6 Å². The molecule has 1 heterocycles. The normalized spacial score (nSPS) is 27.1. The molecule has 1 aliphatic rings. The Morgan fingerprint density at radius 1 is 0.786 bits per heavy atom. The Morgan fingerprint density at radius 2 is 1.21 bits per heavy atom. The van der Waals surface area contributed by atoms with Gasteiger partial charge in [-0.2, -0.15) is 0 Å². The van der Waals surface area contributed by atoms with Crippen molar-refractivity contribution in [2.75, 3.05) is 0 Å². The van der Waals surface area contributed by atoms with Crippen molar-refractivity contribution in [2.45, 2.75) is 121 Å². The molecule has 164 valence electrons. The SMILES string of the molecule is C=CCC[C@@H]1O[C@H](CC=C)[C@@H](O[Si](C)(C)C(C)(C)C)[C@@H]1O[Si](C)(C)C(C)(C)C. The third-order valence-electron chi connectivity index (χ3n) is 6.93. The Balaban J connectivity index is 3.27. The molecule has 28 heavy (non-hydrogen) atoms. The van der Waals surface area contributed by atoms with Crippen molar-refractivity contribution in [3.8, 4) is 0 Å². The molecular formula is C23H46O3Si2. The average Bonchev–Trinajstić information content (AvgIpc) is 2.80. The van der Waals surface area contributed by atoms with E-state index in [1.54, 1.807) is 0 Å². The number of hydrogen-bond acceptors (Lipinski definition) is 3. The Hall–Kier alpha value is -0.206. The Labute approximate surface area is 177 Å². The van der Waals surface area contributed by atoms with Crippen LogP contribution in [-0.2, 0) is 13.6 Å². The highest BCUT2D eigenvalue weighted by atomic mass is 28.4. The molecule has 0 aromatic heterocycles. The highest BCUT2D eigenvalue weighted by Gasteiger charge is 2.52. The topological polar surface area (TPSA) is 27.7 Å². The van der Waals surface area contributed by atoms with E-state index in [9.17, 15) is 0 Å². The summed E-state index contributed by atoms with van der Waals surface area (Å²) in [6.45, 7) is 30.9. The van der Waals surface area contributed by atoms with E-state index in [1.807, 2.05) is 12.2 Å². The standard InChI is InChI=1S/C23H46O3Si2/c1-13-15-17-19-21(26-28(11,12)23(6,7)8)20(18(24-19)16-14-2)25-27(9,10)22(3,4)5/h13-14,18-21H,1-2,15-17H2,3-12H3/t18-,19+,20-,21-/m1/s1. The van der Waals surface area contributed by atoms with E-state index in [1.165, 1.54) is 0 Å². The largest absolute Gasteiger partial charge is 0.409 e. The molecule has 1 rings (SSSR count). The van der Waals surface area contributed by atoms with Gasteiger partial charge >= 0.3 is 0 Å². The van der Waals surface area contributed by atoms with Gasteiger partial charge in [0.1, 0.15) is 0 Å². The van der Waals surface area contributed by atoms with Crippen LogP contribution in [0.1, 0.15) is 60.8 Å². The van der Waals surface area contributed by atoms with E-state index in [-0.39, 0.29) is 34.5 Å². The summed E-state index contributed by atoms with van der Waals surface area (Å²) in [6.07, 6.45) is 6.55. The zero-order chi connectivity index (χ0) is 22.0. The maximum Gasteiger partial charge on any atom is 0.192 e. The first kappa shape index (κ1) is 25.8. The molecule has 0 spiro atoms. The predicted molar refractivity (Wildman–Crippen MR) is 127 cm³/mol. The summed E-state index contributed by atoms with van der Waals surface area (Å²) >= 11 is 0. The lowest BCUT2D eigenvalue weighted by Crippen LogP contribution is -2.54. The van der Waals surface area contributed by atoms with Crippen LogP contribution in [0.3, 0.4) is 0 Å². The summed E-state index contributed by atoms with van der Waals surface area (Å²) < 4.78 is 20.4. The fourth-order valence-corrected chi connectivity index (χ4v) is 5.63. The van der Waals surface area contributed by atoms with Gasteiger partial charge in [0.15, 0.2) is 16.6 Å². The Kier molecular flexibility index (Phi) is 8.57. The monoisotopic (exact) mass is 426 g/mol. The predicted octanol–water partition coefficient (Wildman–Crippen LogP) is 7.08. The number of ether oxygens (including phenoxy) is 1. The van der Waals surface area contributed by atoms with Crippen molar-refractivity contribution in [1.82, 2.24) is 0 Å². The van der Waals surface area contributed by atoms with Crippen LogP contribution in [0.4, 0.5) is 0 Å². The number of hydrogen-bond donors (Lipinski definition) is 0. The molecule has 1 aliphatic heterocycles. The van der Waals surface area contributed by atoms with Crippen LogP contribution in [0.5, 0.6) is 0 Å². The minimum atomic E-state index is -1.96. The highest BCUT2D eigenvalue weighted by Crippen LogP contribution is 2.44. The molecule has 1 fully saturated rings. The first-order valence-electron chi connectivity index (χ1n) is 10.8. The molecule has 0 radical (unpaired) electrons. The molecular weight excluding hydrogens is 380 g/mol. The van der Waals surface area contributed by atoms with E-state index >= 15 is 0 Å². The highest BCUT2D eigenvalue weighted by molar-refractivity contribution is 6.74. The third-order valence-corrected chi connectivity index (χ3v) is 15.9. The summed E-state index contributed by atoms with van der Waals surface area (Å²) in [5.74, 6) is 0. The van der Waals surface area contributed by atoms with Crippen LogP contribution in [-0.4, -0.2) is 41.1 Å². The Morgan fingerprint density at radius 3 is 1.57 bits per heavy atom. The van der Waals surface area contributed by atoms with Gasteiger partial charge in [-0.3, -0.25) is 0 Å². The molecule has 4 atom stereocenters. The van der Waals surface area contributed by atoms with Crippen LogP contribution in [0.2, 0.25) is 36.3 Å². The van der Waals surface area contributed by atoms with Crippen molar-refractivity contribution in [1.29, 1.82) is 0 Å². The smallest absolute Gasteiger partial charge is 0.192 e. The van der Waals surface area contributed by atoms with Gasteiger partial charge in [-0.15, -0.1) is 13.2 Å². The summed E-state index contributed by atoms with van der Waals surface area (Å²) in [7, 11) is -3.93. The maximum absolute atomic E-state index is 6.96. The lowest BCUT2D eigenvalue weighted by atomic mass is 10.0. The van der Waals surface area contributed by atoms with Crippen LogP contribution in [0, 0.1) is 0 Å². The summed E-state index contributed by atoms with van der Waals surface area (Å²) in [6, 6.07) is 0. The van der Waals surface area contributed by atoms with Gasteiger partial charge in [-0.05, 0) is 55.5 Å². The van der Waals surface area contributed by atoms with Crippen molar-refractivity contribution >= 4 is 16.6 Å². The van der Waals surface area contributed by atoms with E-state index in [4.69, 9.17) is 13.6 Å². The van der Waals surface area contributed by atoms with Gasteiger partial charge in [-0.1, -0.05) is 53.7 Å². The average molecular weight is 427 g/mol. The van der Waals surface area contributed by atoms with Gasteiger partial charge in [0.25, 0.3) is 0 Å². The molecule has 0 aromatic carbocycles. The zero-order valence-electron chi connectivity index (χ0n) is 20.2. The van der Waals surface area contributed by atoms with Crippen molar-refractivity contribution in [3.63, 3.8) is 0 Å². The van der Waals surface area contributed by atoms with E-state index in [0.29, 0.717) is 0 Å². The lowest BCUT2D eigenvalue weighted by Gasteiger charge is -2.44. The first-order valence-corrected chi connectivity index (χ1v) is 16.6. The maximum atomic E-state index is 6.96. The number of rotatable bonds is 9. The molecule has 1 saturated heterocycles. The fraction of sp³-hybridized carbons (Fsp3) is 0.826. The van der Waals surface area contributed by atoms with Crippen LogP contribution in [0.25, 0.3) is 0 Å². The summed E-state index contributed by atoms with van der Waals surface area (Å²) in [5.41, 5.74) is 0. The molecule has 5 heteroatoms. The van der Waals surface area contributed by atoms with Crippen LogP contribution >= 0.6 is 0 Å². The quantitative estimate of drug-likeness (QED) is 0.291. The minimum absolute atomic E-state index is 0.0104. The third kappa shape index (κ3) is 6.15. The Bertz CT molecular complexity index is 529. The van der Waals surface area contributed by atoms with Crippen molar-refractivity contribution in [3.05, 3.63) is 25.3 Å². The van der Waals surface area contributed by atoms with Gasteiger partial charge in [0.05, 0.1) is 24.4 Å². The van der Waals surface area contributed by atoms with Gasteiger partial charge in [-0.25, -0.2) is 0 Å². The summed E-state index contributed by atoms with van der Waals surface area (Å²) in [4.78, 5) is 0. The molecule has 0 unspecified atom stereocenters. The molecule has 3 nitrogen and oxygen atoms in total. The van der Waals surface area contributed by atoms with Crippen LogP contribution < -0.4 is 0 Å². The number of allylic oxidation sites excluding steroid dienone is 1. The molecule has 0 aromatic rings. The first-order chi connectivity index (χ1) is 12.6. The fourth-order valence-electron chi connectivity index (χ4n) is 2.99. The second-order valence-corrected chi connectivity index (χ2v) is 20.8. The lowest BCUT2D eigenvalue weighted by molar-refractivity contribution is 0.00852. The van der Waals surface area contributed by atoms with Crippen LogP contribution in [0.15, 0.2) is 25.3 Å².